The van der Waals surface area contributed by atoms with Crippen LogP contribution < -0.4 is 10.1 Å². The molecule has 27 heavy (non-hydrogen) atoms. The number of esters is 2. The fourth-order valence-corrected chi connectivity index (χ4v) is 2.00. The number of carbonyl (C=O) groups excluding carboxylic acids is 3. The number of amides is 1. The number of hydrogen-bond acceptors (Lipinski definition) is 6. The number of halogens is 1. The monoisotopic (exact) mass is 409 g/mol. The molecule has 7 nitrogen and oxygen atoms in total. The first-order chi connectivity index (χ1) is 12.4. The van der Waals surface area contributed by atoms with Crippen LogP contribution in [0.1, 0.15) is 46.0 Å². The Morgan fingerprint density at radius 1 is 1.04 bits per heavy atom. The van der Waals surface area contributed by atoms with Crippen molar-refractivity contribution in [1.82, 2.24) is 5.32 Å². The van der Waals surface area contributed by atoms with Crippen LogP contribution >= 0.6 is 11.6 Å². The molecule has 0 saturated heterocycles. The molecular formula is C18H25ClNNaO6. The van der Waals surface area contributed by atoms with Crippen molar-refractivity contribution in [1.29, 1.82) is 0 Å². The molecule has 1 atom stereocenters. The summed E-state index contributed by atoms with van der Waals surface area (Å²) < 4.78 is 15.2. The third-order valence-corrected chi connectivity index (χ3v) is 3.41. The summed E-state index contributed by atoms with van der Waals surface area (Å²) in [4.78, 5) is 34.8. The van der Waals surface area contributed by atoms with E-state index in [-0.39, 0.29) is 48.9 Å². The fraction of sp³-hybridized carbons (Fsp3) is 0.500. The minimum atomic E-state index is -0.913. The molecule has 0 spiro atoms. The predicted molar refractivity (Wildman–Crippen MR) is 103 cm³/mol. The second kappa shape index (κ2) is 14.7. The van der Waals surface area contributed by atoms with Gasteiger partial charge >= 0.3 is 47.6 Å². The number of carbonyl (C=O) groups is 3. The molecule has 1 aromatic carbocycles. The van der Waals surface area contributed by atoms with Gasteiger partial charge in [-0.25, -0.2) is 4.79 Å². The zero-order valence-corrected chi connectivity index (χ0v) is 15.7. The van der Waals surface area contributed by atoms with Crippen LogP contribution in [0, 0.1) is 0 Å². The van der Waals surface area contributed by atoms with Crippen LogP contribution in [0.5, 0.6) is 5.75 Å². The van der Waals surface area contributed by atoms with E-state index in [0.717, 1.165) is 0 Å². The van der Waals surface area contributed by atoms with Crippen molar-refractivity contribution in [3.05, 3.63) is 29.3 Å². The van der Waals surface area contributed by atoms with Gasteiger partial charge in [-0.3, -0.25) is 9.59 Å². The van der Waals surface area contributed by atoms with E-state index in [1.54, 1.807) is 31.2 Å². The minimum absolute atomic E-state index is 0. The van der Waals surface area contributed by atoms with Gasteiger partial charge in [0.25, 0.3) is 0 Å². The van der Waals surface area contributed by atoms with E-state index in [4.69, 9.17) is 25.8 Å². The van der Waals surface area contributed by atoms with Gasteiger partial charge in [-0.05, 0) is 37.1 Å². The second-order valence-electron chi connectivity index (χ2n) is 5.44. The van der Waals surface area contributed by atoms with Gasteiger partial charge in [0.2, 0.25) is 6.29 Å². The Labute approximate surface area is 186 Å². The molecule has 0 bridgehead atoms. The maximum absolute atomic E-state index is 11.7. The molecule has 1 amide bonds. The summed E-state index contributed by atoms with van der Waals surface area (Å²) in [7, 11) is 0. The Morgan fingerprint density at radius 3 is 2.30 bits per heavy atom. The predicted octanol–water partition coefficient (Wildman–Crippen LogP) is 3.18. The Kier molecular flexibility index (Phi) is 14.0. The summed E-state index contributed by atoms with van der Waals surface area (Å²) in [5.74, 6) is -0.411. The zero-order chi connectivity index (χ0) is 19.4. The average molecular weight is 410 g/mol. The molecule has 1 N–H and O–H groups in total. The summed E-state index contributed by atoms with van der Waals surface area (Å²) >= 11 is 5.75. The third-order valence-electron chi connectivity index (χ3n) is 3.16. The molecule has 9 heteroatoms. The zero-order valence-electron chi connectivity index (χ0n) is 15.0. The number of hydrogen-bond donors (Lipinski definition) is 1. The molecule has 1 unspecified atom stereocenters. The Balaban J connectivity index is 0.00000676. The molecule has 0 aliphatic carbocycles. The summed E-state index contributed by atoms with van der Waals surface area (Å²) in [6.45, 7) is 3.82. The quantitative estimate of drug-likeness (QED) is 0.210. The first-order valence-electron chi connectivity index (χ1n) is 8.54. The number of nitrogens with one attached hydrogen (secondary N) is 1. The van der Waals surface area contributed by atoms with E-state index < -0.39 is 24.3 Å². The van der Waals surface area contributed by atoms with Crippen LogP contribution in [0.2, 0.25) is 5.02 Å². The summed E-state index contributed by atoms with van der Waals surface area (Å²) in [6.07, 6.45) is 0.191. The standard InChI is InChI=1S/C18H24ClNO6.Na.H/c1-3-6-15(21)25-17(4-2)26-18(23)20-12-5-7-16(22)24-14-10-8-13(19)9-11-14;;/h8-11,17H,3-7,12H2,1-2H3,(H,20,23);;. The van der Waals surface area contributed by atoms with Crippen LogP contribution in [0.25, 0.3) is 0 Å². The summed E-state index contributed by atoms with van der Waals surface area (Å²) in [5, 5.41) is 3.06. The molecular weight excluding hydrogens is 385 g/mol. The Hall–Kier alpha value is -1.28. The molecule has 0 heterocycles. The summed E-state index contributed by atoms with van der Waals surface area (Å²) in [5.41, 5.74) is 0. The van der Waals surface area contributed by atoms with E-state index in [1.807, 2.05) is 6.92 Å². The number of ether oxygens (including phenoxy) is 3. The van der Waals surface area contributed by atoms with E-state index in [0.29, 0.717) is 30.0 Å². The molecule has 0 fully saturated rings. The van der Waals surface area contributed by atoms with Gasteiger partial charge in [0, 0.05) is 30.8 Å². The van der Waals surface area contributed by atoms with Crippen LogP contribution in [0.3, 0.4) is 0 Å². The van der Waals surface area contributed by atoms with Crippen LogP contribution in [0.4, 0.5) is 4.79 Å². The molecule has 146 valence electrons. The van der Waals surface area contributed by atoms with Gasteiger partial charge in [-0.2, -0.15) is 0 Å². The Bertz CT molecular complexity index is 596. The number of rotatable bonds is 10. The van der Waals surface area contributed by atoms with Crippen molar-refractivity contribution in [3.8, 4) is 5.75 Å². The normalized spacial score (nSPS) is 10.9. The molecule has 0 aromatic heterocycles. The summed E-state index contributed by atoms with van der Waals surface area (Å²) in [6, 6.07) is 6.44. The van der Waals surface area contributed by atoms with Crippen LogP contribution in [0.15, 0.2) is 24.3 Å². The van der Waals surface area contributed by atoms with Gasteiger partial charge in [0.1, 0.15) is 5.75 Å². The third kappa shape index (κ3) is 11.9. The molecule has 0 aliphatic rings. The molecule has 1 aromatic rings. The SMILES string of the molecule is CCCC(=O)OC(CC)OC(=O)NCCCC(=O)Oc1ccc(Cl)cc1.[NaH]. The van der Waals surface area contributed by atoms with E-state index in [1.165, 1.54) is 0 Å². The van der Waals surface area contributed by atoms with Gasteiger partial charge < -0.3 is 19.5 Å². The topological polar surface area (TPSA) is 90.9 Å². The first-order valence-corrected chi connectivity index (χ1v) is 8.92. The van der Waals surface area contributed by atoms with Gasteiger partial charge in [0.05, 0.1) is 0 Å². The Morgan fingerprint density at radius 2 is 1.70 bits per heavy atom. The van der Waals surface area contributed by atoms with Crippen molar-refractivity contribution in [2.24, 2.45) is 0 Å². The number of alkyl carbamates (subject to hydrolysis) is 1. The maximum atomic E-state index is 11.7. The van der Waals surface area contributed by atoms with E-state index >= 15 is 0 Å². The van der Waals surface area contributed by atoms with E-state index in [9.17, 15) is 14.4 Å². The van der Waals surface area contributed by atoms with Gasteiger partial charge in [0.15, 0.2) is 0 Å². The molecule has 0 radical (unpaired) electrons. The average Bonchev–Trinajstić information content (AvgIpc) is 2.60. The van der Waals surface area contributed by atoms with Gasteiger partial charge in [-0.1, -0.05) is 25.4 Å². The first kappa shape index (κ1) is 25.7. The van der Waals surface area contributed by atoms with Crippen molar-refractivity contribution in [3.63, 3.8) is 0 Å². The van der Waals surface area contributed by atoms with E-state index in [2.05, 4.69) is 5.32 Å². The van der Waals surface area contributed by atoms with Crippen molar-refractivity contribution >= 4 is 59.2 Å². The van der Waals surface area contributed by atoms with Crippen LogP contribution in [-0.2, 0) is 19.1 Å². The molecule has 0 saturated carbocycles. The van der Waals surface area contributed by atoms with Crippen molar-refractivity contribution in [2.75, 3.05) is 6.54 Å². The van der Waals surface area contributed by atoms with Crippen molar-refractivity contribution < 1.29 is 28.6 Å². The number of benzene rings is 1. The molecule has 0 aliphatic heterocycles. The fourth-order valence-electron chi connectivity index (χ4n) is 1.87. The van der Waals surface area contributed by atoms with Crippen molar-refractivity contribution in [2.45, 2.75) is 52.2 Å². The second-order valence-corrected chi connectivity index (χ2v) is 5.88. The van der Waals surface area contributed by atoms with Gasteiger partial charge in [-0.15, -0.1) is 0 Å². The molecule has 1 rings (SSSR count). The van der Waals surface area contributed by atoms with Crippen LogP contribution in [-0.4, -0.2) is 60.4 Å².